The average Bonchev–Trinajstić information content (AvgIpc) is 2.53. The standard InChI is InChI=1S/C11H14O3.C10H15N.ClH/c1-11(2,3)14-13-10(12)9-7-5-4-6-8-9;1-8-6-4-5-7-9(8)10(2,3)11;/h4-8H,1-3H3;4-7H,11H2,1-3H3;1H. The van der Waals surface area contributed by atoms with E-state index in [9.17, 15) is 4.79 Å². The SMILES string of the molecule is CC(C)(C)OOC(=O)c1ccccc1.Cc1ccccc1C(C)(C)N.Cl. The molecular weight excluding hydrogens is 350 g/mol. The normalized spacial score (nSPS) is 10.9. The Morgan fingerprint density at radius 2 is 1.38 bits per heavy atom. The van der Waals surface area contributed by atoms with Crippen molar-refractivity contribution in [1.82, 2.24) is 0 Å². The Kier molecular flexibility index (Phi) is 9.57. The van der Waals surface area contributed by atoms with Crippen LogP contribution in [0.15, 0.2) is 54.6 Å². The molecule has 2 aromatic carbocycles. The summed E-state index contributed by atoms with van der Waals surface area (Å²) in [6, 6.07) is 17.0. The first-order valence-electron chi connectivity index (χ1n) is 8.31. The highest BCUT2D eigenvalue weighted by Crippen LogP contribution is 2.19. The van der Waals surface area contributed by atoms with Crippen molar-refractivity contribution in [1.29, 1.82) is 0 Å². The van der Waals surface area contributed by atoms with Crippen LogP contribution >= 0.6 is 12.4 Å². The zero-order valence-electron chi connectivity index (χ0n) is 16.4. The molecule has 144 valence electrons. The lowest BCUT2D eigenvalue weighted by Crippen LogP contribution is -2.29. The Morgan fingerprint density at radius 3 is 1.81 bits per heavy atom. The highest BCUT2D eigenvalue weighted by atomic mass is 35.5. The topological polar surface area (TPSA) is 61.5 Å². The van der Waals surface area contributed by atoms with Crippen molar-refractivity contribution in [2.24, 2.45) is 5.73 Å². The van der Waals surface area contributed by atoms with Gasteiger partial charge in [0, 0.05) is 5.54 Å². The largest absolute Gasteiger partial charge is 0.373 e. The number of nitrogens with two attached hydrogens (primary N) is 1. The van der Waals surface area contributed by atoms with Gasteiger partial charge in [0.25, 0.3) is 0 Å². The van der Waals surface area contributed by atoms with Crippen LogP contribution < -0.4 is 5.73 Å². The number of halogens is 1. The van der Waals surface area contributed by atoms with Gasteiger partial charge in [0.2, 0.25) is 0 Å². The first-order chi connectivity index (χ1) is 11.5. The van der Waals surface area contributed by atoms with Gasteiger partial charge in [0.05, 0.1) is 5.56 Å². The minimum Gasteiger partial charge on any atom is -0.322 e. The van der Waals surface area contributed by atoms with Crippen molar-refractivity contribution >= 4 is 18.4 Å². The van der Waals surface area contributed by atoms with Gasteiger partial charge in [-0.2, -0.15) is 4.89 Å². The minimum atomic E-state index is -0.482. The first-order valence-corrected chi connectivity index (χ1v) is 8.31. The van der Waals surface area contributed by atoms with Gasteiger partial charge in [-0.15, -0.1) is 12.4 Å². The van der Waals surface area contributed by atoms with Crippen molar-refractivity contribution in [3.63, 3.8) is 0 Å². The second-order valence-corrected chi connectivity index (χ2v) is 7.47. The second-order valence-electron chi connectivity index (χ2n) is 7.47. The summed E-state index contributed by atoms with van der Waals surface area (Å²) in [5.74, 6) is -0.472. The summed E-state index contributed by atoms with van der Waals surface area (Å²) in [5.41, 5.74) is 8.23. The molecule has 0 saturated carbocycles. The minimum absolute atomic E-state index is 0. The molecule has 5 heteroatoms. The smallest absolute Gasteiger partial charge is 0.322 e. The van der Waals surface area contributed by atoms with Crippen LogP contribution in [0.3, 0.4) is 0 Å². The number of rotatable bonds is 3. The molecule has 0 amide bonds. The molecular formula is C21H30ClNO3. The summed E-state index contributed by atoms with van der Waals surface area (Å²) in [6.07, 6.45) is 0. The van der Waals surface area contributed by atoms with Gasteiger partial charge >= 0.3 is 5.97 Å². The van der Waals surface area contributed by atoms with E-state index in [-0.39, 0.29) is 17.9 Å². The Bertz CT molecular complexity index is 674. The molecule has 4 nitrogen and oxygen atoms in total. The predicted octanol–water partition coefficient (Wildman–Crippen LogP) is 5.18. The molecule has 2 N–H and O–H groups in total. The maximum Gasteiger partial charge on any atom is 0.373 e. The maximum absolute atomic E-state index is 11.3. The molecule has 0 saturated heterocycles. The van der Waals surface area contributed by atoms with Crippen LogP contribution in [0.2, 0.25) is 0 Å². The Labute approximate surface area is 163 Å². The lowest BCUT2D eigenvalue weighted by atomic mass is 9.92. The first kappa shape index (κ1) is 24.1. The van der Waals surface area contributed by atoms with Crippen LogP contribution in [-0.4, -0.2) is 11.6 Å². The van der Waals surface area contributed by atoms with Crippen molar-refractivity contribution in [2.75, 3.05) is 0 Å². The molecule has 0 radical (unpaired) electrons. The van der Waals surface area contributed by atoms with E-state index in [0.29, 0.717) is 5.56 Å². The summed E-state index contributed by atoms with van der Waals surface area (Å²) in [7, 11) is 0. The highest BCUT2D eigenvalue weighted by Gasteiger charge is 2.16. The molecule has 0 spiro atoms. The third-order valence-electron chi connectivity index (χ3n) is 3.22. The van der Waals surface area contributed by atoms with Crippen LogP contribution in [-0.2, 0) is 15.3 Å². The Morgan fingerprint density at radius 1 is 0.885 bits per heavy atom. The molecule has 0 fully saturated rings. The maximum atomic E-state index is 11.3. The Balaban J connectivity index is 0.000000475. The van der Waals surface area contributed by atoms with E-state index >= 15 is 0 Å². The molecule has 0 aliphatic carbocycles. The van der Waals surface area contributed by atoms with E-state index in [0.717, 1.165) is 0 Å². The van der Waals surface area contributed by atoms with Crippen LogP contribution in [0, 0.1) is 6.92 Å². The van der Waals surface area contributed by atoms with Crippen LogP contribution in [0.4, 0.5) is 0 Å². The van der Waals surface area contributed by atoms with Crippen LogP contribution in [0.25, 0.3) is 0 Å². The summed E-state index contributed by atoms with van der Waals surface area (Å²) < 4.78 is 0. The third kappa shape index (κ3) is 8.99. The van der Waals surface area contributed by atoms with Gasteiger partial charge in [0.1, 0.15) is 5.60 Å². The van der Waals surface area contributed by atoms with E-state index in [4.69, 9.17) is 10.6 Å². The number of carbonyl (C=O) groups is 1. The Hall–Kier alpha value is -1.88. The number of benzene rings is 2. The summed E-state index contributed by atoms with van der Waals surface area (Å²) in [6.45, 7) is 11.6. The van der Waals surface area contributed by atoms with Gasteiger partial charge in [-0.3, -0.25) is 4.89 Å². The molecule has 26 heavy (non-hydrogen) atoms. The highest BCUT2D eigenvalue weighted by molar-refractivity contribution is 5.88. The number of carbonyl (C=O) groups excluding carboxylic acids is 1. The molecule has 0 aliphatic heterocycles. The zero-order valence-corrected chi connectivity index (χ0v) is 17.2. The third-order valence-corrected chi connectivity index (χ3v) is 3.22. The summed E-state index contributed by atoms with van der Waals surface area (Å²) in [5, 5.41) is 0. The fourth-order valence-corrected chi connectivity index (χ4v) is 2.08. The molecule has 0 heterocycles. The lowest BCUT2D eigenvalue weighted by molar-refractivity contribution is -0.301. The second kappa shape index (κ2) is 10.3. The van der Waals surface area contributed by atoms with E-state index < -0.39 is 11.6 Å². The van der Waals surface area contributed by atoms with E-state index in [2.05, 4.69) is 23.9 Å². The number of hydrogen-bond donors (Lipinski definition) is 1. The molecule has 0 aromatic heterocycles. The molecule has 2 aromatic rings. The van der Waals surface area contributed by atoms with Gasteiger partial charge in [-0.25, -0.2) is 4.79 Å². The van der Waals surface area contributed by atoms with Crippen molar-refractivity contribution in [3.8, 4) is 0 Å². The molecule has 0 bridgehead atoms. The zero-order chi connectivity index (χ0) is 19.1. The number of aryl methyl sites for hydroxylation is 1. The van der Waals surface area contributed by atoms with E-state index in [1.807, 2.05) is 52.8 Å². The lowest BCUT2D eigenvalue weighted by Gasteiger charge is -2.21. The van der Waals surface area contributed by atoms with Crippen LogP contribution in [0.5, 0.6) is 0 Å². The average molecular weight is 380 g/mol. The van der Waals surface area contributed by atoms with Gasteiger partial charge < -0.3 is 5.73 Å². The van der Waals surface area contributed by atoms with Gasteiger partial charge in [-0.05, 0) is 64.8 Å². The van der Waals surface area contributed by atoms with E-state index in [1.165, 1.54) is 11.1 Å². The van der Waals surface area contributed by atoms with Crippen molar-refractivity contribution in [2.45, 2.75) is 52.7 Å². The monoisotopic (exact) mass is 379 g/mol. The summed E-state index contributed by atoms with van der Waals surface area (Å²) >= 11 is 0. The molecule has 0 unspecified atom stereocenters. The molecule has 2 rings (SSSR count). The van der Waals surface area contributed by atoms with Crippen molar-refractivity contribution in [3.05, 3.63) is 71.3 Å². The molecule has 0 atom stereocenters. The quantitative estimate of drug-likeness (QED) is 0.589. The fraction of sp³-hybridized carbons (Fsp3) is 0.381. The van der Waals surface area contributed by atoms with Gasteiger partial charge in [0.15, 0.2) is 0 Å². The fourth-order valence-electron chi connectivity index (χ4n) is 2.08. The van der Waals surface area contributed by atoms with Gasteiger partial charge in [-0.1, -0.05) is 42.5 Å². The predicted molar refractivity (Wildman–Crippen MR) is 108 cm³/mol. The molecule has 0 aliphatic rings. The van der Waals surface area contributed by atoms with Crippen molar-refractivity contribution < 1.29 is 14.6 Å². The number of hydrogen-bond acceptors (Lipinski definition) is 4. The van der Waals surface area contributed by atoms with E-state index in [1.54, 1.807) is 24.3 Å². The summed E-state index contributed by atoms with van der Waals surface area (Å²) in [4.78, 5) is 20.9. The van der Waals surface area contributed by atoms with Crippen LogP contribution in [0.1, 0.15) is 56.1 Å².